The molecule has 0 aliphatic heterocycles. The zero-order valence-corrected chi connectivity index (χ0v) is 17.8. The Morgan fingerprint density at radius 2 is 1.23 bits per heavy atom. The molecule has 168 valence electrons. The van der Waals surface area contributed by atoms with E-state index in [1.807, 2.05) is 0 Å². The third-order valence-electron chi connectivity index (χ3n) is 4.90. The second-order valence-electron chi connectivity index (χ2n) is 7.55. The molecule has 0 spiro atoms. The van der Waals surface area contributed by atoms with Crippen LogP contribution in [0.5, 0.6) is 5.75 Å². The molecule has 1 aromatic rings. The normalized spacial score (nSPS) is 10.5. The molecule has 0 aliphatic carbocycles. The highest BCUT2D eigenvalue weighted by molar-refractivity contribution is 5.96. The van der Waals surface area contributed by atoms with Gasteiger partial charge in [-0.3, -0.25) is 14.4 Å². The summed E-state index contributed by atoms with van der Waals surface area (Å²) in [5.41, 5.74) is 0.293. The van der Waals surface area contributed by atoms with Crippen molar-refractivity contribution < 1.29 is 24.6 Å². The minimum Gasteiger partial charge on any atom is -0.507 e. The minimum absolute atomic E-state index is 0.0102. The van der Waals surface area contributed by atoms with Gasteiger partial charge in [0, 0.05) is 25.9 Å². The van der Waals surface area contributed by atoms with Gasteiger partial charge in [0.2, 0.25) is 5.91 Å². The number of benzene rings is 1. The van der Waals surface area contributed by atoms with Crippen LogP contribution in [-0.4, -0.2) is 41.1 Å². The Morgan fingerprint density at radius 3 is 1.87 bits per heavy atom. The lowest BCUT2D eigenvalue weighted by Crippen LogP contribution is -2.24. The molecule has 2 amide bonds. The Labute approximate surface area is 179 Å². The average molecular weight is 421 g/mol. The van der Waals surface area contributed by atoms with Gasteiger partial charge >= 0.3 is 5.97 Å². The number of carbonyl (C=O) groups is 3. The van der Waals surface area contributed by atoms with Crippen molar-refractivity contribution in [2.45, 2.75) is 77.0 Å². The van der Waals surface area contributed by atoms with Crippen molar-refractivity contribution in [2.75, 3.05) is 13.1 Å². The minimum atomic E-state index is -0.738. The molecule has 0 saturated carbocycles. The van der Waals surface area contributed by atoms with Crippen LogP contribution in [0.4, 0.5) is 0 Å². The summed E-state index contributed by atoms with van der Waals surface area (Å²) >= 11 is 0. The summed E-state index contributed by atoms with van der Waals surface area (Å²) in [5, 5.41) is 23.9. The number of nitrogens with one attached hydrogen (secondary N) is 2. The first-order valence-corrected chi connectivity index (χ1v) is 11.1. The lowest BCUT2D eigenvalue weighted by Gasteiger charge is -2.07. The van der Waals surface area contributed by atoms with Crippen molar-refractivity contribution in [1.29, 1.82) is 0 Å². The summed E-state index contributed by atoms with van der Waals surface area (Å²) < 4.78 is 0. The lowest BCUT2D eigenvalue weighted by molar-refractivity contribution is -0.137. The van der Waals surface area contributed by atoms with E-state index >= 15 is 0 Å². The Bertz CT molecular complexity index is 648. The monoisotopic (exact) mass is 420 g/mol. The van der Waals surface area contributed by atoms with Crippen molar-refractivity contribution in [3.8, 4) is 5.75 Å². The van der Waals surface area contributed by atoms with Crippen LogP contribution in [0.2, 0.25) is 0 Å². The van der Waals surface area contributed by atoms with Crippen LogP contribution in [-0.2, 0) is 9.59 Å². The number of aromatic hydroxyl groups is 1. The van der Waals surface area contributed by atoms with Gasteiger partial charge in [0.15, 0.2) is 0 Å². The first-order chi connectivity index (χ1) is 14.5. The van der Waals surface area contributed by atoms with Gasteiger partial charge in [0.1, 0.15) is 5.75 Å². The zero-order valence-electron chi connectivity index (χ0n) is 17.8. The first kappa shape index (κ1) is 25.5. The van der Waals surface area contributed by atoms with Crippen molar-refractivity contribution in [3.05, 3.63) is 29.8 Å². The van der Waals surface area contributed by atoms with E-state index in [-0.39, 0.29) is 24.0 Å². The summed E-state index contributed by atoms with van der Waals surface area (Å²) in [6.45, 7) is 1.26. The van der Waals surface area contributed by atoms with E-state index in [0.29, 0.717) is 25.1 Å². The van der Waals surface area contributed by atoms with Crippen molar-refractivity contribution in [3.63, 3.8) is 0 Å². The molecular formula is C23H36N2O5. The van der Waals surface area contributed by atoms with E-state index in [0.717, 1.165) is 64.2 Å². The second-order valence-corrected chi connectivity index (χ2v) is 7.55. The fraction of sp³-hybridized carbons (Fsp3) is 0.609. The molecule has 1 rings (SSSR count). The number of para-hydroxylation sites is 1. The average Bonchev–Trinajstić information content (AvgIpc) is 2.71. The number of rotatable bonds is 17. The molecule has 30 heavy (non-hydrogen) atoms. The molecule has 0 bridgehead atoms. The van der Waals surface area contributed by atoms with Crippen molar-refractivity contribution in [2.24, 2.45) is 0 Å². The molecule has 4 N–H and O–H groups in total. The molecule has 0 aromatic heterocycles. The molecule has 7 heteroatoms. The van der Waals surface area contributed by atoms with Gasteiger partial charge in [0.05, 0.1) is 5.56 Å². The molecular weight excluding hydrogens is 384 g/mol. The molecule has 0 saturated heterocycles. The molecule has 0 heterocycles. The number of aliphatic carboxylic acids is 1. The molecule has 0 atom stereocenters. The number of carboxylic acid groups (broad SMARTS) is 1. The molecule has 0 radical (unpaired) electrons. The second kappa shape index (κ2) is 16.3. The largest absolute Gasteiger partial charge is 0.507 e. The van der Waals surface area contributed by atoms with E-state index in [4.69, 9.17) is 5.11 Å². The number of carbonyl (C=O) groups excluding carboxylic acids is 2. The Morgan fingerprint density at radius 1 is 0.700 bits per heavy atom. The topological polar surface area (TPSA) is 116 Å². The fourth-order valence-corrected chi connectivity index (χ4v) is 3.15. The number of unbranched alkanes of at least 4 members (excludes halogenated alkanes) is 8. The number of carboxylic acids is 1. The van der Waals surface area contributed by atoms with E-state index in [1.54, 1.807) is 18.2 Å². The maximum Gasteiger partial charge on any atom is 0.303 e. The van der Waals surface area contributed by atoms with Crippen LogP contribution in [0.1, 0.15) is 87.4 Å². The van der Waals surface area contributed by atoms with E-state index in [2.05, 4.69) is 10.6 Å². The maximum atomic E-state index is 11.9. The summed E-state index contributed by atoms with van der Waals surface area (Å²) in [6, 6.07) is 6.49. The Hall–Kier alpha value is -2.57. The third kappa shape index (κ3) is 12.8. The van der Waals surface area contributed by atoms with Crippen LogP contribution in [0.15, 0.2) is 24.3 Å². The van der Waals surface area contributed by atoms with E-state index in [1.165, 1.54) is 6.07 Å². The predicted molar refractivity (Wildman–Crippen MR) is 116 cm³/mol. The quantitative estimate of drug-likeness (QED) is 0.284. The van der Waals surface area contributed by atoms with Gasteiger partial charge in [-0.1, -0.05) is 50.7 Å². The number of phenolic OH excluding ortho intramolecular Hbond substituents is 1. The number of hydrogen-bond acceptors (Lipinski definition) is 4. The smallest absolute Gasteiger partial charge is 0.303 e. The Balaban J connectivity index is 1.88. The third-order valence-corrected chi connectivity index (χ3v) is 4.90. The summed E-state index contributed by atoms with van der Waals surface area (Å²) in [4.78, 5) is 34.1. The van der Waals surface area contributed by atoms with Crippen molar-refractivity contribution >= 4 is 17.8 Å². The molecule has 0 fully saturated rings. The van der Waals surface area contributed by atoms with Gasteiger partial charge < -0.3 is 20.8 Å². The van der Waals surface area contributed by atoms with Gasteiger partial charge in [-0.05, 0) is 37.8 Å². The lowest BCUT2D eigenvalue weighted by atomic mass is 10.1. The van der Waals surface area contributed by atoms with Crippen LogP contribution in [0, 0.1) is 0 Å². The van der Waals surface area contributed by atoms with E-state index in [9.17, 15) is 19.5 Å². The number of phenols is 1. The number of amides is 2. The molecule has 0 aliphatic rings. The SMILES string of the molecule is O=C(O)CCCCCCCNC(=O)CCCCCCCNC(=O)c1ccccc1O. The zero-order chi connectivity index (χ0) is 22.0. The summed E-state index contributed by atoms with van der Waals surface area (Å²) in [6.07, 6.45) is 10.1. The standard InChI is InChI=1S/C23H36N2O5/c26-20-14-10-9-13-19(20)23(30)25-18-12-6-1-3-7-15-21(27)24-17-11-5-2-4-8-16-22(28)29/h9-10,13-14,26H,1-8,11-12,15-18H2,(H,24,27)(H,25,30)(H,28,29). The molecule has 7 nitrogen and oxygen atoms in total. The van der Waals surface area contributed by atoms with Crippen LogP contribution in [0.3, 0.4) is 0 Å². The predicted octanol–water partition coefficient (Wildman–Crippen LogP) is 4.00. The highest BCUT2D eigenvalue weighted by atomic mass is 16.4. The van der Waals surface area contributed by atoms with E-state index < -0.39 is 5.97 Å². The molecule has 1 aromatic carbocycles. The maximum absolute atomic E-state index is 11.9. The molecule has 0 unspecified atom stereocenters. The summed E-state index contributed by atoms with van der Waals surface area (Å²) in [5.74, 6) is -0.914. The van der Waals surface area contributed by atoms with Gasteiger partial charge in [0.25, 0.3) is 5.91 Å². The van der Waals surface area contributed by atoms with Gasteiger partial charge in [-0.25, -0.2) is 0 Å². The van der Waals surface area contributed by atoms with Gasteiger partial charge in [-0.2, -0.15) is 0 Å². The van der Waals surface area contributed by atoms with Crippen molar-refractivity contribution in [1.82, 2.24) is 10.6 Å². The van der Waals surface area contributed by atoms with Crippen LogP contribution in [0.25, 0.3) is 0 Å². The highest BCUT2D eigenvalue weighted by Crippen LogP contribution is 2.15. The highest BCUT2D eigenvalue weighted by Gasteiger charge is 2.08. The number of hydrogen-bond donors (Lipinski definition) is 4. The Kier molecular flexibility index (Phi) is 13.8. The fourth-order valence-electron chi connectivity index (χ4n) is 3.15. The van der Waals surface area contributed by atoms with Gasteiger partial charge in [-0.15, -0.1) is 0 Å². The summed E-state index contributed by atoms with van der Waals surface area (Å²) in [7, 11) is 0. The van der Waals surface area contributed by atoms with Crippen LogP contribution >= 0.6 is 0 Å². The first-order valence-electron chi connectivity index (χ1n) is 11.1. The van der Waals surface area contributed by atoms with Crippen LogP contribution < -0.4 is 10.6 Å².